The zero-order valence-electron chi connectivity index (χ0n) is 37.0. The SMILES string of the molecule is CCc1cc(Nc2ncc(Cl)c(Nc3ccccc3P(C)(C)=O)n2)c(Cl)cc1N1CCC(N(CCN)CCCCCCC(C=O)N2Cc3c(C#CCCOC)cccc3C2=O)CC1. The van der Waals surface area contributed by atoms with E-state index in [-0.39, 0.29) is 5.91 Å². The number of piperidine rings is 1. The number of fused-ring (bicyclic) bond motifs is 1. The molecule has 3 aromatic carbocycles. The molecule has 0 bridgehead atoms. The molecule has 0 saturated carbocycles. The lowest BCUT2D eigenvalue weighted by Crippen LogP contribution is -2.47. The van der Waals surface area contributed by atoms with Gasteiger partial charge in [-0.2, -0.15) is 4.98 Å². The van der Waals surface area contributed by atoms with Gasteiger partial charge in [0.15, 0.2) is 5.82 Å². The van der Waals surface area contributed by atoms with E-state index in [1.54, 1.807) is 25.3 Å². The molecule has 15 heteroatoms. The topological polar surface area (TPSA) is 146 Å². The van der Waals surface area contributed by atoms with Gasteiger partial charge in [-0.25, -0.2) is 4.98 Å². The van der Waals surface area contributed by atoms with Gasteiger partial charge < -0.3 is 40.3 Å². The van der Waals surface area contributed by atoms with E-state index >= 15 is 0 Å². The van der Waals surface area contributed by atoms with Gasteiger partial charge in [0.05, 0.1) is 35.2 Å². The molecule has 4 aromatic rings. The number of aryl methyl sites for hydroxylation is 1. The van der Waals surface area contributed by atoms with Crippen LogP contribution in [-0.2, 0) is 27.1 Å². The number of amides is 1. The average Bonchev–Trinajstić information content (AvgIpc) is 3.62. The fraction of sp³-hybridized carbons (Fsp3) is 0.458. The molecule has 0 spiro atoms. The van der Waals surface area contributed by atoms with E-state index in [1.807, 2.05) is 48.5 Å². The maximum atomic E-state index is 13.3. The first-order chi connectivity index (χ1) is 30.4. The number of benzene rings is 3. The summed E-state index contributed by atoms with van der Waals surface area (Å²) in [5.41, 5.74) is 12.2. The largest absolute Gasteiger partial charge is 0.384 e. The number of carbonyl (C=O) groups is 2. The zero-order valence-corrected chi connectivity index (χ0v) is 39.4. The molecule has 1 amide bonds. The van der Waals surface area contributed by atoms with Crippen molar-refractivity contribution in [3.05, 3.63) is 93.1 Å². The van der Waals surface area contributed by atoms with Crippen molar-refractivity contribution in [3.8, 4) is 11.8 Å². The van der Waals surface area contributed by atoms with Gasteiger partial charge in [0.2, 0.25) is 5.95 Å². The van der Waals surface area contributed by atoms with Crippen molar-refractivity contribution in [2.45, 2.75) is 83.3 Å². The van der Waals surface area contributed by atoms with Crippen LogP contribution in [0.3, 0.4) is 0 Å². The second kappa shape index (κ2) is 22.9. The number of halogens is 2. The highest BCUT2D eigenvalue weighted by Gasteiger charge is 2.34. The highest BCUT2D eigenvalue weighted by Crippen LogP contribution is 2.39. The molecule has 2 aliphatic rings. The van der Waals surface area contributed by atoms with Gasteiger partial charge in [0.25, 0.3) is 5.91 Å². The quantitative estimate of drug-likeness (QED) is 0.0319. The van der Waals surface area contributed by atoms with Crippen LogP contribution in [0.4, 0.5) is 28.8 Å². The number of hydrogen-bond donors (Lipinski definition) is 3. The first kappa shape index (κ1) is 48.0. The number of aldehydes is 1. The number of methoxy groups -OCH3 is 1. The maximum absolute atomic E-state index is 13.3. The summed E-state index contributed by atoms with van der Waals surface area (Å²) in [5, 5.41) is 8.17. The highest BCUT2D eigenvalue weighted by molar-refractivity contribution is 7.70. The van der Waals surface area contributed by atoms with E-state index in [4.69, 9.17) is 33.7 Å². The molecule has 2 aliphatic heterocycles. The number of aromatic nitrogens is 2. The average molecular weight is 916 g/mol. The zero-order chi connectivity index (χ0) is 44.9. The number of nitrogens with one attached hydrogen (secondary N) is 2. The van der Waals surface area contributed by atoms with Crippen LogP contribution in [0.2, 0.25) is 10.0 Å². The van der Waals surface area contributed by atoms with Gasteiger partial charge in [-0.05, 0) is 99.5 Å². The molecule has 336 valence electrons. The third-order valence-electron chi connectivity index (χ3n) is 11.9. The molecule has 1 unspecified atom stereocenters. The van der Waals surface area contributed by atoms with Crippen molar-refractivity contribution in [3.63, 3.8) is 0 Å². The minimum atomic E-state index is -2.56. The van der Waals surface area contributed by atoms with Crippen molar-refractivity contribution < 1.29 is 18.9 Å². The Bertz CT molecular complexity index is 2320. The molecule has 12 nitrogen and oxygen atoms in total. The van der Waals surface area contributed by atoms with Crippen LogP contribution >= 0.6 is 30.3 Å². The Labute approximate surface area is 383 Å². The van der Waals surface area contributed by atoms with E-state index in [0.29, 0.717) is 82.6 Å². The lowest BCUT2D eigenvalue weighted by molar-refractivity contribution is -0.112. The number of nitrogens with two attached hydrogens (primary N) is 1. The molecule has 0 radical (unpaired) electrons. The van der Waals surface area contributed by atoms with Gasteiger partial charge in [0.1, 0.15) is 18.5 Å². The Hall–Kier alpha value is -4.47. The Morgan fingerprint density at radius 2 is 1.79 bits per heavy atom. The Morgan fingerprint density at radius 3 is 2.52 bits per heavy atom. The highest BCUT2D eigenvalue weighted by atomic mass is 35.5. The summed E-state index contributed by atoms with van der Waals surface area (Å²) in [5.74, 6) is 6.95. The van der Waals surface area contributed by atoms with E-state index in [9.17, 15) is 14.2 Å². The Kier molecular flexibility index (Phi) is 17.5. The van der Waals surface area contributed by atoms with Crippen molar-refractivity contribution in [2.24, 2.45) is 5.73 Å². The fourth-order valence-corrected chi connectivity index (χ4v) is 10.1. The van der Waals surface area contributed by atoms with Gasteiger partial charge in [-0.15, -0.1) is 0 Å². The Morgan fingerprint density at radius 1 is 1.02 bits per heavy atom. The number of anilines is 5. The summed E-state index contributed by atoms with van der Waals surface area (Å²) in [6.07, 6.45) is 10.6. The minimum absolute atomic E-state index is 0.0900. The maximum Gasteiger partial charge on any atom is 0.255 e. The third kappa shape index (κ3) is 12.4. The van der Waals surface area contributed by atoms with E-state index in [0.717, 1.165) is 94.2 Å². The van der Waals surface area contributed by atoms with E-state index in [1.165, 1.54) is 11.8 Å². The Balaban J connectivity index is 0.983. The third-order valence-corrected chi connectivity index (χ3v) is 14.1. The normalized spacial score (nSPS) is 14.7. The molecular weight excluding hydrogens is 854 g/mol. The van der Waals surface area contributed by atoms with Gasteiger partial charge in [-0.3, -0.25) is 9.69 Å². The molecule has 0 aliphatic carbocycles. The summed E-state index contributed by atoms with van der Waals surface area (Å²) < 4.78 is 18.1. The smallest absolute Gasteiger partial charge is 0.255 e. The van der Waals surface area contributed by atoms with Gasteiger partial charge in [-0.1, -0.05) is 79.4 Å². The van der Waals surface area contributed by atoms with Crippen LogP contribution in [0.5, 0.6) is 0 Å². The molecule has 6 rings (SSSR count). The molecule has 1 fully saturated rings. The summed E-state index contributed by atoms with van der Waals surface area (Å²) in [4.78, 5) is 41.3. The second-order valence-corrected chi connectivity index (χ2v) is 20.6. The number of ether oxygens (including phenoxy) is 1. The fourth-order valence-electron chi connectivity index (χ4n) is 8.58. The minimum Gasteiger partial charge on any atom is -0.384 e. The first-order valence-electron chi connectivity index (χ1n) is 22.0. The number of unbranched alkanes of at least 4 members (excludes halogenated alkanes) is 3. The van der Waals surface area contributed by atoms with Gasteiger partial charge in [0, 0.05) is 74.4 Å². The van der Waals surface area contributed by atoms with Crippen LogP contribution < -0.4 is 26.6 Å². The molecule has 1 atom stereocenters. The molecule has 4 N–H and O–H groups in total. The summed E-state index contributed by atoms with van der Waals surface area (Å²) in [7, 11) is -0.909. The summed E-state index contributed by atoms with van der Waals surface area (Å²) >= 11 is 13.5. The number of nitrogens with zero attached hydrogens (tertiary/aromatic N) is 5. The summed E-state index contributed by atoms with van der Waals surface area (Å²) in [6, 6.07) is 17.2. The number of para-hydroxylation sites is 1. The molecular formula is C48H61Cl2N8O4P. The molecule has 1 saturated heterocycles. The van der Waals surface area contributed by atoms with Crippen molar-refractivity contribution >= 4 is 76.7 Å². The standard InChI is InChI=1S/C48H61Cl2N8O4P/c1-5-34-29-43(54-48-52-31-41(50)46(55-48)53-42-19-9-10-20-45(42)63(3,4)61)40(49)30-44(34)57-25-21-36(22-26-57)56(27-23-51)24-12-7-6-8-17-37(33-59)58-32-39-35(15-11-13-28-62-2)16-14-18-38(39)47(58)60/h9-10,14,16,18-20,29-31,33,36-37H,5-8,12-13,17,21-28,32,51H2,1-4H3,(H2,52,53,54,55). The molecule has 1 aromatic heterocycles. The van der Waals surface area contributed by atoms with E-state index in [2.05, 4.69) is 55.2 Å². The number of rotatable bonds is 21. The van der Waals surface area contributed by atoms with E-state index < -0.39 is 13.2 Å². The first-order valence-corrected chi connectivity index (χ1v) is 25.4. The lowest BCUT2D eigenvalue weighted by atomic mass is 9.99. The monoisotopic (exact) mass is 914 g/mol. The van der Waals surface area contributed by atoms with Crippen molar-refractivity contribution in [1.29, 1.82) is 0 Å². The molecule has 63 heavy (non-hydrogen) atoms. The predicted octanol–water partition coefficient (Wildman–Crippen LogP) is 8.87. The van der Waals surface area contributed by atoms with Crippen molar-refractivity contribution in [2.75, 3.05) is 75.3 Å². The van der Waals surface area contributed by atoms with Crippen LogP contribution in [0.25, 0.3) is 0 Å². The van der Waals surface area contributed by atoms with Crippen LogP contribution in [-0.4, -0.2) is 104 Å². The molecule has 3 heterocycles. The number of hydrogen-bond acceptors (Lipinski definition) is 11. The number of carbonyl (C=O) groups excluding carboxylic acids is 2. The second-order valence-electron chi connectivity index (χ2n) is 16.6. The predicted molar refractivity (Wildman–Crippen MR) is 258 cm³/mol. The lowest BCUT2D eigenvalue weighted by Gasteiger charge is -2.40. The van der Waals surface area contributed by atoms with Crippen molar-refractivity contribution in [1.82, 2.24) is 19.8 Å². The van der Waals surface area contributed by atoms with Crippen LogP contribution in [0.15, 0.2) is 60.8 Å². The van der Waals surface area contributed by atoms with Crippen LogP contribution in [0.1, 0.15) is 85.3 Å². The summed E-state index contributed by atoms with van der Waals surface area (Å²) in [6.45, 7) is 10.9. The van der Waals surface area contributed by atoms with Gasteiger partial charge >= 0.3 is 0 Å². The van der Waals surface area contributed by atoms with Crippen LogP contribution in [0, 0.1) is 11.8 Å².